The predicted molar refractivity (Wildman–Crippen MR) is 47.9 cm³/mol. The molecule has 1 aliphatic heterocycles. The fourth-order valence-electron chi connectivity index (χ4n) is 0.975. The predicted octanol–water partition coefficient (Wildman–Crippen LogP) is 1.31. The summed E-state index contributed by atoms with van der Waals surface area (Å²) in [6.45, 7) is 3.69. The van der Waals surface area contributed by atoms with E-state index in [1.165, 1.54) is 0 Å². The lowest BCUT2D eigenvalue weighted by Crippen LogP contribution is -2.33. The number of unbranched alkanes of at least 4 members (excludes halogenated alkanes) is 1. The first-order valence-electron chi connectivity index (χ1n) is 4.85. The topological polar surface area (TPSA) is 54.0 Å². The first-order valence-corrected chi connectivity index (χ1v) is 4.85. The van der Waals surface area contributed by atoms with E-state index >= 15 is 0 Å². The van der Waals surface area contributed by atoms with Gasteiger partial charge in [0, 0.05) is 0 Å². The number of hydrogen-bond acceptors (Lipinski definition) is 5. The lowest BCUT2D eigenvalue weighted by Gasteiger charge is -2.22. The number of carbonyl (C=O) groups excluding carboxylic acids is 1. The number of carbonyl (C=O) groups is 1. The summed E-state index contributed by atoms with van der Waals surface area (Å²) < 4.78 is 19.8. The molecule has 1 unspecified atom stereocenters. The van der Waals surface area contributed by atoms with Crippen LogP contribution in [0.1, 0.15) is 19.8 Å². The van der Waals surface area contributed by atoms with E-state index in [0.717, 1.165) is 12.8 Å². The second-order valence-electron chi connectivity index (χ2n) is 2.95. The van der Waals surface area contributed by atoms with E-state index in [1.54, 1.807) is 0 Å². The van der Waals surface area contributed by atoms with Gasteiger partial charge in [0.15, 0.2) is 0 Å². The van der Waals surface area contributed by atoms with Crippen LogP contribution in [-0.4, -0.2) is 38.9 Å². The van der Waals surface area contributed by atoms with Gasteiger partial charge < -0.3 is 18.9 Å². The van der Waals surface area contributed by atoms with Crippen molar-refractivity contribution in [3.63, 3.8) is 0 Å². The standard InChI is InChI=1S/C9H16O5/c1-2-3-4-13-9(10)14-8-7-11-5-6-12-8/h8H,2-7H2,1H3. The van der Waals surface area contributed by atoms with Crippen LogP contribution in [0.25, 0.3) is 0 Å². The zero-order valence-electron chi connectivity index (χ0n) is 8.36. The Labute approximate surface area is 83.3 Å². The molecule has 0 radical (unpaired) electrons. The van der Waals surface area contributed by atoms with Crippen LogP contribution in [0.15, 0.2) is 0 Å². The third kappa shape index (κ3) is 4.43. The molecule has 0 spiro atoms. The molecule has 5 heteroatoms. The van der Waals surface area contributed by atoms with E-state index in [9.17, 15) is 4.79 Å². The minimum absolute atomic E-state index is 0.281. The van der Waals surface area contributed by atoms with E-state index in [-0.39, 0.29) is 6.61 Å². The highest BCUT2D eigenvalue weighted by atomic mass is 16.8. The van der Waals surface area contributed by atoms with Crippen LogP contribution >= 0.6 is 0 Å². The van der Waals surface area contributed by atoms with Crippen molar-refractivity contribution in [2.75, 3.05) is 26.4 Å². The third-order valence-electron chi connectivity index (χ3n) is 1.73. The van der Waals surface area contributed by atoms with Gasteiger partial charge >= 0.3 is 6.16 Å². The van der Waals surface area contributed by atoms with E-state index in [4.69, 9.17) is 18.9 Å². The van der Waals surface area contributed by atoms with Gasteiger partial charge in [0.1, 0.15) is 6.61 Å². The van der Waals surface area contributed by atoms with Crippen LogP contribution in [0, 0.1) is 0 Å². The Morgan fingerprint density at radius 1 is 1.50 bits per heavy atom. The molecule has 0 amide bonds. The minimum atomic E-state index is -0.686. The van der Waals surface area contributed by atoms with Gasteiger partial charge in [-0.15, -0.1) is 0 Å². The summed E-state index contributed by atoms with van der Waals surface area (Å²) in [5.74, 6) is 0. The van der Waals surface area contributed by atoms with Gasteiger partial charge in [0.05, 0.1) is 19.8 Å². The number of ether oxygens (including phenoxy) is 4. The summed E-state index contributed by atoms with van der Waals surface area (Å²) in [7, 11) is 0. The molecular weight excluding hydrogens is 188 g/mol. The molecule has 1 saturated heterocycles. The molecule has 0 saturated carbocycles. The SMILES string of the molecule is CCCCOC(=O)OC1COCCO1. The highest BCUT2D eigenvalue weighted by Crippen LogP contribution is 2.04. The second-order valence-corrected chi connectivity index (χ2v) is 2.95. The molecule has 14 heavy (non-hydrogen) atoms. The quantitative estimate of drug-likeness (QED) is 0.510. The van der Waals surface area contributed by atoms with Gasteiger partial charge in [-0.1, -0.05) is 13.3 Å². The summed E-state index contributed by atoms with van der Waals surface area (Å²) >= 11 is 0. The van der Waals surface area contributed by atoms with Crippen LogP contribution < -0.4 is 0 Å². The van der Waals surface area contributed by atoms with Crippen molar-refractivity contribution in [1.29, 1.82) is 0 Å². The molecule has 1 rings (SSSR count). The molecule has 0 aromatic rings. The first kappa shape index (κ1) is 11.3. The molecule has 0 aromatic carbocycles. The van der Waals surface area contributed by atoms with Crippen LogP contribution in [0.3, 0.4) is 0 Å². The van der Waals surface area contributed by atoms with Gasteiger partial charge in [-0.25, -0.2) is 4.79 Å². The Kier molecular flexibility index (Phi) is 5.32. The smallest absolute Gasteiger partial charge is 0.434 e. The molecule has 1 fully saturated rings. The molecule has 0 N–H and O–H groups in total. The maximum atomic E-state index is 11.0. The van der Waals surface area contributed by atoms with Crippen molar-refractivity contribution in [3.05, 3.63) is 0 Å². The van der Waals surface area contributed by atoms with Crippen LogP contribution in [0.5, 0.6) is 0 Å². The molecule has 0 aromatic heterocycles. The van der Waals surface area contributed by atoms with Crippen molar-refractivity contribution >= 4 is 6.16 Å². The molecule has 1 heterocycles. The van der Waals surface area contributed by atoms with E-state index in [1.807, 2.05) is 6.92 Å². The van der Waals surface area contributed by atoms with Crippen molar-refractivity contribution in [2.24, 2.45) is 0 Å². The molecule has 0 aliphatic carbocycles. The number of rotatable bonds is 4. The average Bonchev–Trinajstić information content (AvgIpc) is 2.20. The first-order chi connectivity index (χ1) is 6.83. The Hall–Kier alpha value is -0.810. The Morgan fingerprint density at radius 2 is 2.36 bits per heavy atom. The van der Waals surface area contributed by atoms with Gasteiger partial charge in [0.2, 0.25) is 6.29 Å². The normalized spacial score (nSPS) is 21.6. The lowest BCUT2D eigenvalue weighted by atomic mass is 10.4. The van der Waals surface area contributed by atoms with E-state index in [0.29, 0.717) is 19.8 Å². The van der Waals surface area contributed by atoms with Crippen LogP contribution in [0.4, 0.5) is 4.79 Å². The molecular formula is C9H16O5. The molecule has 1 atom stereocenters. The molecule has 0 bridgehead atoms. The average molecular weight is 204 g/mol. The summed E-state index contributed by atoms with van der Waals surface area (Å²) in [4.78, 5) is 11.0. The minimum Gasteiger partial charge on any atom is -0.434 e. The summed E-state index contributed by atoms with van der Waals surface area (Å²) in [5, 5.41) is 0. The van der Waals surface area contributed by atoms with Crippen molar-refractivity contribution < 1.29 is 23.7 Å². The Morgan fingerprint density at radius 3 is 3.00 bits per heavy atom. The van der Waals surface area contributed by atoms with Gasteiger partial charge in [0.25, 0.3) is 0 Å². The van der Waals surface area contributed by atoms with Crippen LogP contribution in [0.2, 0.25) is 0 Å². The van der Waals surface area contributed by atoms with Gasteiger partial charge in [-0.2, -0.15) is 0 Å². The van der Waals surface area contributed by atoms with Crippen molar-refractivity contribution in [3.8, 4) is 0 Å². The zero-order valence-corrected chi connectivity index (χ0v) is 8.36. The van der Waals surface area contributed by atoms with Crippen molar-refractivity contribution in [1.82, 2.24) is 0 Å². The molecule has 1 aliphatic rings. The largest absolute Gasteiger partial charge is 0.510 e. The maximum absolute atomic E-state index is 11.0. The van der Waals surface area contributed by atoms with Gasteiger partial charge in [-0.3, -0.25) is 0 Å². The van der Waals surface area contributed by atoms with Crippen molar-refractivity contribution in [2.45, 2.75) is 26.1 Å². The highest BCUT2D eigenvalue weighted by Gasteiger charge is 2.19. The zero-order chi connectivity index (χ0) is 10.2. The molecule has 82 valence electrons. The second kappa shape index (κ2) is 6.62. The third-order valence-corrected chi connectivity index (χ3v) is 1.73. The molecule has 5 nitrogen and oxygen atoms in total. The Bertz CT molecular complexity index is 165. The fraction of sp³-hybridized carbons (Fsp3) is 0.889. The van der Waals surface area contributed by atoms with E-state index < -0.39 is 12.4 Å². The highest BCUT2D eigenvalue weighted by molar-refractivity contribution is 5.59. The number of hydrogen-bond donors (Lipinski definition) is 0. The Balaban J connectivity index is 2.06. The monoisotopic (exact) mass is 204 g/mol. The van der Waals surface area contributed by atoms with Gasteiger partial charge in [-0.05, 0) is 6.42 Å². The maximum Gasteiger partial charge on any atom is 0.510 e. The fourth-order valence-corrected chi connectivity index (χ4v) is 0.975. The van der Waals surface area contributed by atoms with E-state index in [2.05, 4.69) is 0 Å². The van der Waals surface area contributed by atoms with Crippen LogP contribution in [-0.2, 0) is 18.9 Å². The summed E-state index contributed by atoms with van der Waals surface area (Å²) in [6, 6.07) is 0. The summed E-state index contributed by atoms with van der Waals surface area (Å²) in [5.41, 5.74) is 0. The summed E-state index contributed by atoms with van der Waals surface area (Å²) in [6.07, 6.45) is 0.528. The lowest BCUT2D eigenvalue weighted by molar-refractivity contribution is -0.193.